The molecule has 0 aliphatic heterocycles. The Hall–Kier alpha value is -0.320. The third-order valence-corrected chi connectivity index (χ3v) is 6.00. The molecule has 0 radical (unpaired) electrons. The van der Waals surface area contributed by atoms with Gasteiger partial charge in [0, 0.05) is 15.0 Å². The van der Waals surface area contributed by atoms with E-state index in [0.29, 0.717) is 8.78 Å². The minimum Gasteiger partial charge on any atom is -0.398 e. The van der Waals surface area contributed by atoms with Gasteiger partial charge in [-0.2, -0.15) is 17.5 Å². The van der Waals surface area contributed by atoms with Crippen LogP contribution in [-0.2, 0) is 10.0 Å². The van der Waals surface area contributed by atoms with Crippen molar-refractivity contribution in [3.8, 4) is 0 Å². The summed E-state index contributed by atoms with van der Waals surface area (Å²) in [4.78, 5) is -0.372. The van der Waals surface area contributed by atoms with E-state index in [2.05, 4.69) is 31.9 Å². The molecule has 1 aromatic carbocycles. The second kappa shape index (κ2) is 6.43. The second-order valence-electron chi connectivity index (χ2n) is 4.57. The maximum atomic E-state index is 12.6. The average Bonchev–Trinajstić information content (AvgIpc) is 2.21. The lowest BCUT2D eigenvalue weighted by molar-refractivity contribution is -0.138. The zero-order chi connectivity index (χ0) is 16.6. The molecule has 2 N–H and O–H groups in total. The zero-order valence-corrected chi connectivity index (χ0v) is 15.1. The molecule has 0 saturated heterocycles. The molecule has 0 saturated carbocycles. The summed E-state index contributed by atoms with van der Waals surface area (Å²) in [5.74, 6) is 0. The fourth-order valence-electron chi connectivity index (χ4n) is 1.69. The van der Waals surface area contributed by atoms with Gasteiger partial charge in [-0.15, -0.1) is 0 Å². The first-order chi connectivity index (χ1) is 9.36. The maximum Gasteiger partial charge on any atom is 0.402 e. The summed E-state index contributed by atoms with van der Waals surface area (Å²) < 4.78 is 63.9. The van der Waals surface area contributed by atoms with Crippen molar-refractivity contribution in [2.24, 2.45) is 0 Å². The highest BCUT2D eigenvalue weighted by molar-refractivity contribution is 9.11. The van der Waals surface area contributed by atoms with Gasteiger partial charge in [-0.05, 0) is 41.9 Å². The second-order valence-corrected chi connectivity index (χ2v) is 8.16. The summed E-state index contributed by atoms with van der Waals surface area (Å²) in [6, 6.07) is 1.87. The molecule has 0 aliphatic rings. The lowest BCUT2D eigenvalue weighted by Crippen LogP contribution is -2.43. The summed E-state index contributed by atoms with van der Waals surface area (Å²) in [7, 11) is -4.39. The smallest absolute Gasteiger partial charge is 0.398 e. The Kier molecular flexibility index (Phi) is 5.73. The van der Waals surface area contributed by atoms with Gasteiger partial charge in [0.15, 0.2) is 0 Å². The van der Waals surface area contributed by atoms with Crippen LogP contribution in [0.1, 0.15) is 13.8 Å². The number of nitrogens with two attached hydrogens (primary N) is 1. The molecule has 0 aliphatic carbocycles. The van der Waals surface area contributed by atoms with Gasteiger partial charge in [0.05, 0.1) is 5.69 Å². The standard InChI is InChI=1S/C11H13Br2F3N2O2S/c1-6(2)18(5-11(14,15)16)21(19,20)10-8(13)3-7(12)4-9(10)17/h3-4,6H,5,17H2,1-2H3. The SMILES string of the molecule is CC(C)N(CC(F)(F)F)S(=O)(=O)c1c(N)cc(Br)cc1Br. The first-order valence-electron chi connectivity index (χ1n) is 5.69. The Morgan fingerprint density at radius 2 is 1.81 bits per heavy atom. The monoisotopic (exact) mass is 452 g/mol. The van der Waals surface area contributed by atoms with Crippen LogP contribution < -0.4 is 5.73 Å². The number of alkyl halides is 3. The van der Waals surface area contributed by atoms with Gasteiger partial charge in [0.25, 0.3) is 0 Å². The van der Waals surface area contributed by atoms with Gasteiger partial charge < -0.3 is 5.73 Å². The summed E-state index contributed by atoms with van der Waals surface area (Å²) in [6.45, 7) is 1.16. The van der Waals surface area contributed by atoms with Crippen LogP contribution in [-0.4, -0.2) is 31.5 Å². The molecule has 0 spiro atoms. The normalized spacial score (nSPS) is 13.2. The Balaban J connectivity index is 3.44. The number of nitrogen functional groups attached to an aromatic ring is 1. The van der Waals surface area contributed by atoms with Crippen LogP contribution in [0.3, 0.4) is 0 Å². The molecule has 0 atom stereocenters. The van der Waals surface area contributed by atoms with E-state index in [1.807, 2.05) is 0 Å². The number of hydrogen-bond donors (Lipinski definition) is 1. The Morgan fingerprint density at radius 3 is 2.19 bits per heavy atom. The summed E-state index contributed by atoms with van der Waals surface area (Å²) >= 11 is 6.16. The fraction of sp³-hybridized carbons (Fsp3) is 0.455. The van der Waals surface area contributed by atoms with E-state index in [9.17, 15) is 21.6 Å². The predicted octanol–water partition coefficient (Wildman–Crippen LogP) is 3.76. The first-order valence-corrected chi connectivity index (χ1v) is 8.72. The van der Waals surface area contributed by atoms with Crippen LogP contribution in [0, 0.1) is 0 Å². The highest BCUT2D eigenvalue weighted by atomic mass is 79.9. The molecule has 0 fully saturated rings. The van der Waals surface area contributed by atoms with Crippen LogP contribution >= 0.6 is 31.9 Å². The molecule has 10 heteroatoms. The maximum absolute atomic E-state index is 12.6. The van der Waals surface area contributed by atoms with E-state index in [1.54, 1.807) is 0 Å². The molecule has 1 aromatic rings. The van der Waals surface area contributed by atoms with Crippen LogP contribution in [0.25, 0.3) is 0 Å². The number of benzene rings is 1. The summed E-state index contributed by atoms with van der Waals surface area (Å²) in [5, 5.41) is 0. The van der Waals surface area contributed by atoms with E-state index < -0.39 is 28.8 Å². The van der Waals surface area contributed by atoms with Gasteiger partial charge in [-0.25, -0.2) is 8.42 Å². The highest BCUT2D eigenvalue weighted by Gasteiger charge is 2.39. The van der Waals surface area contributed by atoms with E-state index in [-0.39, 0.29) is 15.1 Å². The predicted molar refractivity (Wildman–Crippen MR) is 81.3 cm³/mol. The lowest BCUT2D eigenvalue weighted by Gasteiger charge is -2.27. The number of nitrogens with zero attached hydrogens (tertiary/aromatic N) is 1. The van der Waals surface area contributed by atoms with E-state index in [1.165, 1.54) is 26.0 Å². The van der Waals surface area contributed by atoms with Gasteiger partial charge in [0.2, 0.25) is 10.0 Å². The van der Waals surface area contributed by atoms with Crippen LogP contribution in [0.4, 0.5) is 18.9 Å². The van der Waals surface area contributed by atoms with Gasteiger partial charge in [-0.3, -0.25) is 0 Å². The number of halogens is 5. The number of anilines is 1. The van der Waals surface area contributed by atoms with Crippen molar-refractivity contribution in [3.63, 3.8) is 0 Å². The third-order valence-electron chi connectivity index (χ3n) is 2.51. The fourth-order valence-corrected chi connectivity index (χ4v) is 5.33. The minimum atomic E-state index is -4.64. The van der Waals surface area contributed by atoms with E-state index >= 15 is 0 Å². The van der Waals surface area contributed by atoms with Crippen molar-refractivity contribution in [3.05, 3.63) is 21.1 Å². The topological polar surface area (TPSA) is 63.4 Å². The summed E-state index contributed by atoms with van der Waals surface area (Å²) in [6.07, 6.45) is -4.64. The number of hydrogen-bond acceptors (Lipinski definition) is 3. The molecule has 21 heavy (non-hydrogen) atoms. The third kappa shape index (κ3) is 4.57. The van der Waals surface area contributed by atoms with Crippen LogP contribution in [0.15, 0.2) is 26.0 Å². The van der Waals surface area contributed by atoms with Gasteiger partial charge >= 0.3 is 6.18 Å². The van der Waals surface area contributed by atoms with Crippen molar-refractivity contribution in [2.45, 2.75) is 31.0 Å². The Bertz CT molecular complexity index is 610. The molecular weight excluding hydrogens is 441 g/mol. The van der Waals surface area contributed by atoms with Crippen molar-refractivity contribution < 1.29 is 21.6 Å². The number of rotatable bonds is 4. The Labute approximate surface area is 137 Å². The molecule has 0 bridgehead atoms. The van der Waals surface area contributed by atoms with Crippen LogP contribution in [0.5, 0.6) is 0 Å². The van der Waals surface area contributed by atoms with Gasteiger partial charge in [-0.1, -0.05) is 15.9 Å². The molecule has 1 rings (SSSR count). The van der Waals surface area contributed by atoms with Gasteiger partial charge in [0.1, 0.15) is 11.4 Å². The largest absolute Gasteiger partial charge is 0.402 e. The molecule has 120 valence electrons. The van der Waals surface area contributed by atoms with Crippen LogP contribution in [0.2, 0.25) is 0 Å². The quantitative estimate of drug-likeness (QED) is 0.706. The van der Waals surface area contributed by atoms with Crippen molar-refractivity contribution >= 4 is 47.6 Å². The highest BCUT2D eigenvalue weighted by Crippen LogP contribution is 2.35. The Morgan fingerprint density at radius 1 is 1.29 bits per heavy atom. The molecule has 0 unspecified atom stereocenters. The molecular formula is C11H13Br2F3N2O2S. The molecule has 0 aromatic heterocycles. The zero-order valence-electron chi connectivity index (χ0n) is 11.1. The van der Waals surface area contributed by atoms with Crippen molar-refractivity contribution in [1.29, 1.82) is 0 Å². The first kappa shape index (κ1) is 18.7. The van der Waals surface area contributed by atoms with E-state index in [4.69, 9.17) is 5.73 Å². The average molecular weight is 454 g/mol. The van der Waals surface area contributed by atoms with E-state index in [0.717, 1.165) is 0 Å². The van der Waals surface area contributed by atoms with Crippen molar-refractivity contribution in [1.82, 2.24) is 4.31 Å². The minimum absolute atomic E-state index is 0.0993. The molecule has 0 heterocycles. The molecule has 0 amide bonds. The van der Waals surface area contributed by atoms with Crippen molar-refractivity contribution in [2.75, 3.05) is 12.3 Å². The number of sulfonamides is 1. The lowest BCUT2D eigenvalue weighted by atomic mass is 10.3. The molecule has 4 nitrogen and oxygen atoms in total. The summed E-state index contributed by atoms with van der Waals surface area (Å²) in [5.41, 5.74) is 5.53.